The summed E-state index contributed by atoms with van der Waals surface area (Å²) in [5.41, 5.74) is 0.893. The normalized spacial score (nSPS) is 11.7. The summed E-state index contributed by atoms with van der Waals surface area (Å²) in [4.78, 5) is 24.3. The van der Waals surface area contributed by atoms with Crippen molar-refractivity contribution in [3.63, 3.8) is 0 Å². The van der Waals surface area contributed by atoms with Crippen molar-refractivity contribution in [2.75, 3.05) is 21.3 Å². The Morgan fingerprint density at radius 1 is 1.10 bits per heavy atom. The first-order valence-corrected chi connectivity index (χ1v) is 8.77. The highest BCUT2D eigenvalue weighted by molar-refractivity contribution is 5.94. The second-order valence-corrected chi connectivity index (χ2v) is 6.18. The van der Waals surface area contributed by atoms with Crippen LogP contribution in [0, 0.1) is 5.82 Å². The van der Waals surface area contributed by atoms with Crippen molar-refractivity contribution in [2.24, 2.45) is 0 Å². The van der Waals surface area contributed by atoms with Crippen LogP contribution in [0.3, 0.4) is 0 Å². The van der Waals surface area contributed by atoms with Crippen molar-refractivity contribution in [1.82, 2.24) is 5.32 Å². The molecule has 0 aliphatic carbocycles. The largest absolute Gasteiger partial charge is 0.505 e. The van der Waals surface area contributed by atoms with E-state index in [9.17, 15) is 24.2 Å². The molecule has 0 saturated carbocycles. The van der Waals surface area contributed by atoms with Crippen LogP contribution in [0.1, 0.15) is 11.1 Å². The zero-order valence-electron chi connectivity index (χ0n) is 16.6. The molecule has 3 N–H and O–H groups in total. The second-order valence-electron chi connectivity index (χ2n) is 6.18. The monoisotopic (exact) mass is 419 g/mol. The minimum Gasteiger partial charge on any atom is -0.505 e. The number of ether oxygens (including phenoxy) is 3. The molecule has 2 rings (SSSR count). The zero-order chi connectivity index (χ0) is 22.3. The van der Waals surface area contributed by atoms with Gasteiger partial charge in [-0.1, -0.05) is 6.07 Å². The van der Waals surface area contributed by atoms with Crippen LogP contribution in [0.5, 0.6) is 23.0 Å². The number of halogens is 1. The van der Waals surface area contributed by atoms with Crippen LogP contribution in [-0.2, 0) is 20.7 Å². The van der Waals surface area contributed by atoms with E-state index in [2.05, 4.69) is 5.32 Å². The van der Waals surface area contributed by atoms with E-state index in [1.54, 1.807) is 0 Å². The van der Waals surface area contributed by atoms with Crippen LogP contribution in [0.15, 0.2) is 36.4 Å². The quantitative estimate of drug-likeness (QED) is 0.444. The highest BCUT2D eigenvalue weighted by Gasteiger charge is 2.21. The Labute approximate surface area is 172 Å². The molecule has 2 aromatic rings. The second kappa shape index (κ2) is 10.1. The van der Waals surface area contributed by atoms with E-state index in [0.29, 0.717) is 11.1 Å². The van der Waals surface area contributed by atoms with E-state index in [0.717, 1.165) is 12.1 Å². The van der Waals surface area contributed by atoms with Gasteiger partial charge in [-0.25, -0.2) is 9.18 Å². The van der Waals surface area contributed by atoms with Gasteiger partial charge in [0.2, 0.25) is 11.7 Å². The average molecular weight is 419 g/mol. The summed E-state index contributed by atoms with van der Waals surface area (Å²) in [7, 11) is 3.92. The number of nitrogens with one attached hydrogen (secondary N) is 1. The molecular formula is C21H22FNO7. The molecule has 0 spiro atoms. The molecule has 0 aliphatic rings. The van der Waals surface area contributed by atoms with Crippen molar-refractivity contribution in [3.05, 3.63) is 53.4 Å². The van der Waals surface area contributed by atoms with Gasteiger partial charge in [0.15, 0.2) is 23.1 Å². The molecule has 1 amide bonds. The first kappa shape index (κ1) is 22.5. The summed E-state index contributed by atoms with van der Waals surface area (Å²) in [5.74, 6) is -2.51. The van der Waals surface area contributed by atoms with E-state index in [4.69, 9.17) is 14.2 Å². The van der Waals surface area contributed by atoms with Crippen LogP contribution in [0.4, 0.5) is 4.39 Å². The predicted molar refractivity (Wildman–Crippen MR) is 106 cm³/mol. The van der Waals surface area contributed by atoms with Crippen LogP contribution >= 0.6 is 0 Å². The van der Waals surface area contributed by atoms with E-state index in [1.807, 2.05) is 0 Å². The minimum absolute atomic E-state index is 0.0374. The van der Waals surface area contributed by atoms with Crippen LogP contribution in [0.2, 0.25) is 0 Å². The summed E-state index contributed by atoms with van der Waals surface area (Å²) in [5, 5.41) is 21.7. The number of phenols is 2. The van der Waals surface area contributed by atoms with E-state index in [-0.39, 0.29) is 23.7 Å². The molecule has 2 aromatic carbocycles. The molecular weight excluding hydrogens is 397 g/mol. The lowest BCUT2D eigenvalue weighted by molar-refractivity contribution is -0.144. The van der Waals surface area contributed by atoms with Gasteiger partial charge in [0.25, 0.3) is 0 Å². The van der Waals surface area contributed by atoms with Gasteiger partial charge in [0, 0.05) is 12.5 Å². The first-order chi connectivity index (χ1) is 14.3. The number of carbonyl (C=O) groups excluding carboxylic acids is 2. The van der Waals surface area contributed by atoms with E-state index >= 15 is 0 Å². The molecule has 30 heavy (non-hydrogen) atoms. The van der Waals surface area contributed by atoms with Gasteiger partial charge in [-0.05, 0) is 41.5 Å². The molecule has 9 heteroatoms. The summed E-state index contributed by atoms with van der Waals surface area (Å²) < 4.78 is 28.3. The molecule has 0 aliphatic heterocycles. The molecule has 1 atom stereocenters. The number of hydrogen-bond donors (Lipinski definition) is 3. The van der Waals surface area contributed by atoms with Gasteiger partial charge in [-0.15, -0.1) is 0 Å². The third-order valence-corrected chi connectivity index (χ3v) is 4.18. The molecule has 160 valence electrons. The molecule has 1 unspecified atom stereocenters. The van der Waals surface area contributed by atoms with Crippen molar-refractivity contribution < 1.29 is 38.4 Å². The van der Waals surface area contributed by atoms with E-state index < -0.39 is 29.5 Å². The van der Waals surface area contributed by atoms with Crippen molar-refractivity contribution in [2.45, 2.75) is 12.5 Å². The molecule has 0 radical (unpaired) electrons. The third kappa shape index (κ3) is 5.63. The summed E-state index contributed by atoms with van der Waals surface area (Å²) in [6, 6.07) is 5.59. The fourth-order valence-corrected chi connectivity index (χ4v) is 2.65. The van der Waals surface area contributed by atoms with Crippen molar-refractivity contribution in [1.29, 1.82) is 0 Å². The molecule has 8 nitrogen and oxygen atoms in total. The van der Waals surface area contributed by atoms with Crippen LogP contribution < -0.4 is 14.8 Å². The number of esters is 1. The maximum absolute atomic E-state index is 13.5. The molecule has 0 fully saturated rings. The first-order valence-electron chi connectivity index (χ1n) is 8.77. The lowest BCUT2D eigenvalue weighted by atomic mass is 10.1. The standard InChI is InChI=1S/C21H22FNO7/c1-28-17-10-13(11-18(29-2)20(17)26)5-7-19(25)23-15(21(27)30-3)9-12-4-6-16(24)14(22)8-12/h4-8,10-11,15,24,26H,9H2,1-3H3,(H,23,25)/b7-5+. The summed E-state index contributed by atoms with van der Waals surface area (Å²) in [6.07, 6.45) is 2.58. The Morgan fingerprint density at radius 3 is 2.27 bits per heavy atom. The van der Waals surface area contributed by atoms with Gasteiger partial charge in [0.05, 0.1) is 21.3 Å². The average Bonchev–Trinajstić information content (AvgIpc) is 2.74. The van der Waals surface area contributed by atoms with Gasteiger partial charge in [0.1, 0.15) is 6.04 Å². The van der Waals surface area contributed by atoms with Gasteiger partial charge < -0.3 is 29.7 Å². The number of amides is 1. The van der Waals surface area contributed by atoms with Crippen LogP contribution in [0.25, 0.3) is 6.08 Å². The number of rotatable bonds is 8. The van der Waals surface area contributed by atoms with Crippen molar-refractivity contribution in [3.8, 4) is 23.0 Å². The number of phenolic OH excluding ortho intramolecular Hbond substituents is 2. The minimum atomic E-state index is -1.07. The number of methoxy groups -OCH3 is 3. The predicted octanol–water partition coefficient (Wildman–Crippen LogP) is 2.17. The fourth-order valence-electron chi connectivity index (χ4n) is 2.65. The Hall–Kier alpha value is -3.75. The summed E-state index contributed by atoms with van der Waals surface area (Å²) >= 11 is 0. The van der Waals surface area contributed by atoms with Gasteiger partial charge >= 0.3 is 5.97 Å². The van der Waals surface area contributed by atoms with E-state index in [1.165, 1.54) is 51.7 Å². The smallest absolute Gasteiger partial charge is 0.328 e. The number of carbonyl (C=O) groups is 2. The SMILES string of the molecule is COC(=O)C(Cc1ccc(O)c(F)c1)NC(=O)/C=C/c1cc(OC)c(O)c(OC)c1. The maximum Gasteiger partial charge on any atom is 0.328 e. The Kier molecular flexibility index (Phi) is 7.62. The lowest BCUT2D eigenvalue weighted by Crippen LogP contribution is -2.42. The zero-order valence-corrected chi connectivity index (χ0v) is 16.6. The summed E-state index contributed by atoms with van der Waals surface area (Å²) in [6.45, 7) is 0. The molecule has 0 saturated heterocycles. The van der Waals surface area contributed by atoms with Gasteiger partial charge in [-0.2, -0.15) is 0 Å². The van der Waals surface area contributed by atoms with Gasteiger partial charge in [-0.3, -0.25) is 4.79 Å². The Balaban J connectivity index is 2.16. The van der Waals surface area contributed by atoms with Crippen LogP contribution in [-0.4, -0.2) is 49.5 Å². The molecule has 0 aromatic heterocycles. The highest BCUT2D eigenvalue weighted by atomic mass is 19.1. The number of benzene rings is 2. The third-order valence-electron chi connectivity index (χ3n) is 4.18. The Morgan fingerprint density at radius 2 is 1.73 bits per heavy atom. The maximum atomic E-state index is 13.5. The molecule has 0 bridgehead atoms. The topological polar surface area (TPSA) is 114 Å². The fraction of sp³-hybridized carbons (Fsp3) is 0.238. The van der Waals surface area contributed by atoms with Crippen molar-refractivity contribution >= 4 is 18.0 Å². The number of aromatic hydroxyl groups is 2. The lowest BCUT2D eigenvalue weighted by Gasteiger charge is -2.16. The highest BCUT2D eigenvalue weighted by Crippen LogP contribution is 2.37. The Bertz CT molecular complexity index is 933. The molecule has 0 heterocycles. The number of hydrogen-bond acceptors (Lipinski definition) is 7.